The molecule has 0 aliphatic rings. The molecule has 0 bridgehead atoms. The fourth-order valence-electron chi connectivity index (χ4n) is 2.56. The Kier molecular flexibility index (Phi) is 7.64. The minimum absolute atomic E-state index is 0.170. The number of anilines is 1. The van der Waals surface area contributed by atoms with Gasteiger partial charge in [0.1, 0.15) is 18.2 Å². The van der Waals surface area contributed by atoms with E-state index < -0.39 is 0 Å². The van der Waals surface area contributed by atoms with Crippen LogP contribution in [0.15, 0.2) is 58.8 Å². The molecule has 0 spiro atoms. The number of carbonyl (C=O) groups excluding carboxylic acids is 1. The Morgan fingerprint density at radius 3 is 2.80 bits per heavy atom. The van der Waals surface area contributed by atoms with Gasteiger partial charge < -0.3 is 10.1 Å². The van der Waals surface area contributed by atoms with Crippen molar-refractivity contribution in [2.75, 3.05) is 11.1 Å². The predicted octanol–water partition coefficient (Wildman–Crippen LogP) is 4.55. The molecule has 0 atom stereocenters. The molecule has 0 saturated heterocycles. The average molecular weight is 488 g/mol. The van der Waals surface area contributed by atoms with Crippen molar-refractivity contribution >= 4 is 39.4 Å². The van der Waals surface area contributed by atoms with Crippen molar-refractivity contribution in [2.45, 2.75) is 32.2 Å². The molecule has 0 unspecified atom stereocenters. The first-order valence-corrected chi connectivity index (χ1v) is 11.0. The molecule has 2 heterocycles. The van der Waals surface area contributed by atoms with Crippen molar-refractivity contribution < 1.29 is 9.53 Å². The Labute approximate surface area is 188 Å². The average Bonchev–Trinajstić information content (AvgIpc) is 3.11. The first kappa shape index (κ1) is 22.0. The van der Waals surface area contributed by atoms with Crippen LogP contribution in [0.2, 0.25) is 0 Å². The molecule has 0 aliphatic heterocycles. The minimum Gasteiger partial charge on any atom is -0.486 e. The third-order valence-electron chi connectivity index (χ3n) is 4.28. The molecule has 1 amide bonds. The number of allylic oxidation sites excluding steroid dienone is 1. The third-order valence-corrected chi connectivity index (χ3v) is 5.71. The normalized spacial score (nSPS) is 10.6. The van der Waals surface area contributed by atoms with E-state index in [1.165, 1.54) is 22.9 Å². The van der Waals surface area contributed by atoms with Gasteiger partial charge in [0.2, 0.25) is 5.91 Å². The van der Waals surface area contributed by atoms with Gasteiger partial charge in [-0.15, -0.1) is 16.8 Å². The summed E-state index contributed by atoms with van der Waals surface area (Å²) >= 11 is 4.62. The summed E-state index contributed by atoms with van der Waals surface area (Å²) in [7, 11) is 0. The number of amides is 1. The number of thioether (sulfide) groups is 1. The lowest BCUT2D eigenvalue weighted by atomic mass is 10.1. The lowest BCUT2D eigenvalue weighted by Crippen LogP contribution is -2.15. The zero-order valence-electron chi connectivity index (χ0n) is 16.8. The summed E-state index contributed by atoms with van der Waals surface area (Å²) in [6, 6.07) is 9.51. The highest BCUT2D eigenvalue weighted by Gasteiger charge is 2.14. The van der Waals surface area contributed by atoms with Crippen LogP contribution in [0.3, 0.4) is 0 Å². The van der Waals surface area contributed by atoms with Gasteiger partial charge >= 0.3 is 0 Å². The van der Waals surface area contributed by atoms with E-state index in [1.54, 1.807) is 18.3 Å². The number of pyridine rings is 1. The van der Waals surface area contributed by atoms with Crippen LogP contribution in [0, 0.1) is 13.8 Å². The smallest absolute Gasteiger partial charge is 0.236 e. The Morgan fingerprint density at radius 2 is 2.10 bits per heavy atom. The molecule has 0 saturated carbocycles. The second kappa shape index (κ2) is 10.4. The van der Waals surface area contributed by atoms with Crippen LogP contribution in [-0.2, 0) is 17.9 Å². The van der Waals surface area contributed by atoms with Crippen molar-refractivity contribution in [3.05, 3.63) is 70.6 Å². The molecule has 3 aromatic rings. The molecular weight excluding hydrogens is 466 g/mol. The first-order valence-electron chi connectivity index (χ1n) is 9.23. The van der Waals surface area contributed by atoms with E-state index in [-0.39, 0.29) is 18.3 Å². The highest BCUT2D eigenvalue weighted by molar-refractivity contribution is 9.10. The number of rotatable bonds is 9. The van der Waals surface area contributed by atoms with Crippen molar-refractivity contribution in [2.24, 2.45) is 0 Å². The summed E-state index contributed by atoms with van der Waals surface area (Å²) in [6.07, 6.45) is 3.39. The topological polar surface area (TPSA) is 81.9 Å². The Balaban J connectivity index is 1.61. The highest BCUT2D eigenvalue weighted by atomic mass is 79.9. The summed E-state index contributed by atoms with van der Waals surface area (Å²) in [4.78, 5) is 16.4. The van der Waals surface area contributed by atoms with Gasteiger partial charge in [-0.1, -0.05) is 23.9 Å². The number of aromatic nitrogens is 4. The summed E-state index contributed by atoms with van der Waals surface area (Å²) in [6.45, 7) is 8.71. The number of nitrogens with zero attached hydrogens (tertiary/aromatic N) is 4. The third kappa shape index (κ3) is 5.93. The van der Waals surface area contributed by atoms with Crippen LogP contribution in [0.1, 0.15) is 17.0 Å². The number of benzene rings is 1. The van der Waals surface area contributed by atoms with Crippen molar-refractivity contribution in [3.63, 3.8) is 0 Å². The van der Waals surface area contributed by atoms with Crippen molar-refractivity contribution in [1.29, 1.82) is 0 Å². The standard InChI is InChI=1S/C21H22BrN5O2S/c1-4-9-27-19(12-29-17-7-5-14(2)15(3)10-17)25-26-21(27)30-13-20(28)24-18-8-6-16(22)11-23-18/h4-8,10-11H,1,9,12-13H2,2-3H3,(H,23,24,28). The quantitative estimate of drug-likeness (QED) is 0.352. The second-order valence-corrected chi connectivity index (χ2v) is 8.39. The van der Waals surface area contributed by atoms with Crippen LogP contribution < -0.4 is 10.1 Å². The maximum absolute atomic E-state index is 12.2. The zero-order chi connectivity index (χ0) is 21.5. The maximum atomic E-state index is 12.2. The molecule has 0 radical (unpaired) electrons. The highest BCUT2D eigenvalue weighted by Crippen LogP contribution is 2.21. The summed E-state index contributed by atoms with van der Waals surface area (Å²) in [5.41, 5.74) is 2.38. The molecular formula is C21H22BrN5O2S. The summed E-state index contributed by atoms with van der Waals surface area (Å²) in [5, 5.41) is 11.8. The van der Waals surface area contributed by atoms with E-state index in [1.807, 2.05) is 35.8 Å². The van der Waals surface area contributed by atoms with E-state index >= 15 is 0 Å². The molecule has 1 N–H and O–H groups in total. The van der Waals surface area contributed by atoms with Crippen LogP contribution in [0.4, 0.5) is 5.82 Å². The Hall–Kier alpha value is -2.65. The lowest BCUT2D eigenvalue weighted by molar-refractivity contribution is -0.113. The van der Waals surface area contributed by atoms with E-state index in [0.717, 1.165) is 10.2 Å². The van der Waals surface area contributed by atoms with Gasteiger partial charge in [0.15, 0.2) is 11.0 Å². The molecule has 9 heteroatoms. The van der Waals surface area contributed by atoms with Gasteiger partial charge in [0.25, 0.3) is 0 Å². The predicted molar refractivity (Wildman–Crippen MR) is 122 cm³/mol. The molecule has 0 fully saturated rings. The van der Waals surface area contributed by atoms with Crippen LogP contribution in [0.5, 0.6) is 5.75 Å². The van der Waals surface area contributed by atoms with Gasteiger partial charge in [-0.25, -0.2) is 4.98 Å². The Bertz CT molecular complexity index is 1040. The van der Waals surface area contributed by atoms with Gasteiger partial charge in [0, 0.05) is 17.2 Å². The summed E-state index contributed by atoms with van der Waals surface area (Å²) < 4.78 is 8.63. The van der Waals surface area contributed by atoms with Crippen LogP contribution in [0.25, 0.3) is 0 Å². The number of carbonyl (C=O) groups is 1. The van der Waals surface area contributed by atoms with E-state index in [9.17, 15) is 4.79 Å². The molecule has 0 aliphatic carbocycles. The fraction of sp³-hybridized carbons (Fsp3) is 0.238. The van der Waals surface area contributed by atoms with Gasteiger partial charge in [-0.2, -0.15) is 0 Å². The monoisotopic (exact) mass is 487 g/mol. The summed E-state index contributed by atoms with van der Waals surface area (Å²) in [5.74, 6) is 1.97. The molecule has 3 rings (SSSR count). The molecule has 156 valence electrons. The molecule has 7 nitrogen and oxygen atoms in total. The largest absolute Gasteiger partial charge is 0.486 e. The van der Waals surface area contributed by atoms with E-state index in [0.29, 0.717) is 23.3 Å². The number of ether oxygens (including phenoxy) is 1. The van der Waals surface area contributed by atoms with Crippen molar-refractivity contribution in [1.82, 2.24) is 19.7 Å². The zero-order valence-corrected chi connectivity index (χ0v) is 19.2. The van der Waals surface area contributed by atoms with Crippen LogP contribution in [-0.4, -0.2) is 31.4 Å². The van der Waals surface area contributed by atoms with Gasteiger partial charge in [-0.3, -0.25) is 9.36 Å². The Morgan fingerprint density at radius 1 is 1.27 bits per heavy atom. The van der Waals surface area contributed by atoms with Crippen LogP contribution >= 0.6 is 27.7 Å². The number of halogens is 1. The van der Waals surface area contributed by atoms with Gasteiger partial charge in [-0.05, 0) is 65.2 Å². The fourth-order valence-corrected chi connectivity index (χ4v) is 3.56. The van der Waals surface area contributed by atoms with Gasteiger partial charge in [0.05, 0.1) is 5.75 Å². The maximum Gasteiger partial charge on any atom is 0.236 e. The number of aryl methyl sites for hydroxylation is 2. The van der Waals surface area contributed by atoms with E-state index in [2.05, 4.69) is 49.9 Å². The van der Waals surface area contributed by atoms with E-state index in [4.69, 9.17) is 4.74 Å². The molecule has 2 aromatic heterocycles. The van der Waals surface area contributed by atoms with Crippen molar-refractivity contribution in [3.8, 4) is 5.75 Å². The number of hydrogen-bond donors (Lipinski definition) is 1. The number of nitrogens with one attached hydrogen (secondary N) is 1. The SMILES string of the molecule is C=CCn1c(COc2ccc(C)c(C)c2)nnc1SCC(=O)Nc1ccc(Br)cn1. The number of hydrogen-bond acceptors (Lipinski definition) is 6. The molecule has 30 heavy (non-hydrogen) atoms. The second-order valence-electron chi connectivity index (χ2n) is 6.53. The first-order chi connectivity index (χ1) is 14.5. The molecule has 1 aromatic carbocycles. The lowest BCUT2D eigenvalue weighted by Gasteiger charge is -2.10. The minimum atomic E-state index is -0.170.